The normalized spacial score (nSPS) is 12.4. The number of nitrogens with one attached hydrogen (secondary N) is 1. The number of para-hydroxylation sites is 1. The van der Waals surface area contributed by atoms with E-state index in [1.54, 1.807) is 13.2 Å². The van der Waals surface area contributed by atoms with Crippen LogP contribution in [0.1, 0.15) is 17.2 Å². The molecule has 0 bridgehead atoms. The van der Waals surface area contributed by atoms with Gasteiger partial charge in [0.15, 0.2) is 0 Å². The molecule has 0 saturated carbocycles. The molecule has 0 fully saturated rings. The summed E-state index contributed by atoms with van der Waals surface area (Å²) in [6, 6.07) is 15.2. The number of ether oxygens (including phenoxy) is 1. The second-order valence-electron chi connectivity index (χ2n) is 5.82. The van der Waals surface area contributed by atoms with Crippen LogP contribution in [-0.2, 0) is 4.79 Å². The number of rotatable bonds is 7. The molecule has 0 aliphatic rings. The lowest BCUT2D eigenvalue weighted by Crippen LogP contribution is -2.33. The molecular weight excluding hydrogens is 336 g/mol. The van der Waals surface area contributed by atoms with Gasteiger partial charge in [0, 0.05) is 23.2 Å². The van der Waals surface area contributed by atoms with E-state index in [4.69, 9.17) is 16.3 Å². The van der Waals surface area contributed by atoms with Crippen molar-refractivity contribution in [1.29, 1.82) is 0 Å². The molecule has 0 aliphatic carbocycles. The Morgan fingerprint density at radius 1 is 1.20 bits per heavy atom. The zero-order chi connectivity index (χ0) is 18.2. The molecule has 2 aromatic carbocycles. The van der Waals surface area contributed by atoms with Crippen molar-refractivity contribution in [2.75, 3.05) is 27.7 Å². The highest BCUT2D eigenvalue weighted by Crippen LogP contribution is 2.25. The van der Waals surface area contributed by atoms with Crippen molar-refractivity contribution >= 4 is 23.6 Å². The number of amides is 1. The van der Waals surface area contributed by atoms with Crippen LogP contribution in [-0.4, -0.2) is 38.6 Å². The van der Waals surface area contributed by atoms with Gasteiger partial charge in [0.1, 0.15) is 5.75 Å². The summed E-state index contributed by atoms with van der Waals surface area (Å²) >= 11 is 6.29. The highest BCUT2D eigenvalue weighted by atomic mass is 35.5. The number of methoxy groups -OCH3 is 1. The third-order valence-electron chi connectivity index (χ3n) is 3.91. The minimum absolute atomic E-state index is 0.00249. The van der Waals surface area contributed by atoms with Gasteiger partial charge in [-0.3, -0.25) is 4.79 Å². The molecular formula is C20H23ClN2O2. The van der Waals surface area contributed by atoms with Crippen LogP contribution in [0.25, 0.3) is 6.08 Å². The van der Waals surface area contributed by atoms with Gasteiger partial charge in [-0.1, -0.05) is 48.0 Å². The van der Waals surface area contributed by atoms with E-state index >= 15 is 0 Å². The predicted octanol–water partition coefficient (Wildman–Crippen LogP) is 3.78. The number of benzene rings is 2. The summed E-state index contributed by atoms with van der Waals surface area (Å²) in [7, 11) is 5.54. The van der Waals surface area contributed by atoms with E-state index in [0.29, 0.717) is 11.6 Å². The third kappa shape index (κ3) is 5.34. The molecule has 1 N–H and O–H groups in total. The monoisotopic (exact) mass is 358 g/mol. The maximum absolute atomic E-state index is 12.2. The smallest absolute Gasteiger partial charge is 0.244 e. The van der Waals surface area contributed by atoms with Crippen LogP contribution in [0.2, 0.25) is 5.02 Å². The Labute approximate surface area is 154 Å². The van der Waals surface area contributed by atoms with Crippen molar-refractivity contribution in [2.24, 2.45) is 0 Å². The molecule has 25 heavy (non-hydrogen) atoms. The standard InChI is InChI=1S/C20H23ClN2O2/c1-23(2)18(16-9-5-6-10-17(16)21)14-22-20(24)13-12-15-8-4-7-11-19(15)25-3/h4-13,18H,14H2,1-3H3,(H,22,24)/b13-12+. The number of hydrogen-bond acceptors (Lipinski definition) is 3. The van der Waals surface area contributed by atoms with Crippen molar-refractivity contribution in [1.82, 2.24) is 10.2 Å². The summed E-state index contributed by atoms with van der Waals surface area (Å²) in [5, 5.41) is 3.63. The van der Waals surface area contributed by atoms with E-state index in [2.05, 4.69) is 5.32 Å². The molecule has 2 aromatic rings. The quantitative estimate of drug-likeness (QED) is 0.766. The molecule has 0 radical (unpaired) electrons. The number of carbonyl (C=O) groups excluding carboxylic acids is 1. The maximum Gasteiger partial charge on any atom is 0.244 e. The Morgan fingerprint density at radius 3 is 2.56 bits per heavy atom. The van der Waals surface area contributed by atoms with E-state index in [9.17, 15) is 4.79 Å². The zero-order valence-electron chi connectivity index (χ0n) is 14.7. The van der Waals surface area contributed by atoms with Crippen LogP contribution >= 0.6 is 11.6 Å². The number of nitrogens with zero attached hydrogens (tertiary/aromatic N) is 1. The first kappa shape index (κ1) is 19.0. The highest BCUT2D eigenvalue weighted by molar-refractivity contribution is 6.31. The van der Waals surface area contributed by atoms with Crippen LogP contribution in [0, 0.1) is 0 Å². The fraction of sp³-hybridized carbons (Fsp3) is 0.250. The molecule has 1 unspecified atom stereocenters. The van der Waals surface area contributed by atoms with Gasteiger partial charge in [-0.05, 0) is 37.9 Å². The van der Waals surface area contributed by atoms with Gasteiger partial charge in [-0.2, -0.15) is 0 Å². The van der Waals surface area contributed by atoms with Crippen molar-refractivity contribution in [2.45, 2.75) is 6.04 Å². The average molecular weight is 359 g/mol. The largest absolute Gasteiger partial charge is 0.496 e. The molecule has 0 heterocycles. The first-order valence-corrected chi connectivity index (χ1v) is 8.40. The number of halogens is 1. The van der Waals surface area contributed by atoms with Gasteiger partial charge in [0.2, 0.25) is 5.91 Å². The second kappa shape index (κ2) is 9.25. The fourth-order valence-electron chi connectivity index (χ4n) is 2.54. The van der Waals surface area contributed by atoms with Gasteiger partial charge < -0.3 is 15.0 Å². The molecule has 5 heteroatoms. The number of likely N-dealkylation sites (N-methyl/N-ethyl adjacent to an activating group) is 1. The Morgan fingerprint density at radius 2 is 1.88 bits per heavy atom. The van der Waals surface area contributed by atoms with Gasteiger partial charge in [0.25, 0.3) is 0 Å². The third-order valence-corrected chi connectivity index (χ3v) is 4.25. The SMILES string of the molecule is COc1ccccc1/C=C/C(=O)NCC(c1ccccc1Cl)N(C)C. The van der Waals surface area contributed by atoms with E-state index in [-0.39, 0.29) is 11.9 Å². The summed E-state index contributed by atoms with van der Waals surface area (Å²) in [5.41, 5.74) is 1.85. The summed E-state index contributed by atoms with van der Waals surface area (Å²) in [4.78, 5) is 14.2. The molecule has 1 amide bonds. The van der Waals surface area contributed by atoms with Crippen molar-refractivity contribution in [3.8, 4) is 5.75 Å². The molecule has 4 nitrogen and oxygen atoms in total. The summed E-state index contributed by atoms with van der Waals surface area (Å²) in [6.45, 7) is 0.464. The van der Waals surface area contributed by atoms with Gasteiger partial charge >= 0.3 is 0 Å². The molecule has 0 spiro atoms. The minimum Gasteiger partial charge on any atom is -0.496 e. The van der Waals surface area contributed by atoms with Crippen molar-refractivity contribution in [3.05, 3.63) is 70.8 Å². The summed E-state index contributed by atoms with van der Waals surface area (Å²) in [6.07, 6.45) is 3.26. The van der Waals surface area contributed by atoms with E-state index < -0.39 is 0 Å². The van der Waals surface area contributed by atoms with Crippen LogP contribution in [0.4, 0.5) is 0 Å². The zero-order valence-corrected chi connectivity index (χ0v) is 15.5. The number of carbonyl (C=O) groups is 1. The molecule has 2 rings (SSSR count). The summed E-state index contributed by atoms with van der Waals surface area (Å²) < 4.78 is 5.27. The highest BCUT2D eigenvalue weighted by Gasteiger charge is 2.17. The first-order valence-electron chi connectivity index (χ1n) is 8.02. The molecule has 132 valence electrons. The van der Waals surface area contributed by atoms with E-state index in [1.165, 1.54) is 6.08 Å². The van der Waals surface area contributed by atoms with Crippen LogP contribution < -0.4 is 10.1 Å². The lowest BCUT2D eigenvalue weighted by atomic mass is 10.1. The predicted molar refractivity (Wildman–Crippen MR) is 103 cm³/mol. The van der Waals surface area contributed by atoms with Crippen LogP contribution in [0.3, 0.4) is 0 Å². The molecule has 1 atom stereocenters. The number of hydrogen-bond donors (Lipinski definition) is 1. The maximum atomic E-state index is 12.2. The summed E-state index contributed by atoms with van der Waals surface area (Å²) in [5.74, 6) is 0.568. The molecule has 0 saturated heterocycles. The van der Waals surface area contributed by atoms with E-state index in [0.717, 1.165) is 16.9 Å². The van der Waals surface area contributed by atoms with Gasteiger partial charge in [-0.25, -0.2) is 0 Å². The Bertz CT molecular complexity index is 744. The van der Waals surface area contributed by atoms with Crippen LogP contribution in [0.15, 0.2) is 54.6 Å². The van der Waals surface area contributed by atoms with Gasteiger partial charge in [0.05, 0.1) is 13.2 Å². The molecule has 0 aromatic heterocycles. The lowest BCUT2D eigenvalue weighted by molar-refractivity contribution is -0.116. The fourth-order valence-corrected chi connectivity index (χ4v) is 2.80. The van der Waals surface area contributed by atoms with E-state index in [1.807, 2.05) is 67.5 Å². The average Bonchev–Trinajstić information content (AvgIpc) is 2.61. The minimum atomic E-state index is -0.162. The van der Waals surface area contributed by atoms with Crippen LogP contribution in [0.5, 0.6) is 5.75 Å². The Balaban J connectivity index is 2.02. The topological polar surface area (TPSA) is 41.6 Å². The lowest BCUT2D eigenvalue weighted by Gasteiger charge is -2.25. The Kier molecular flexibility index (Phi) is 7.04. The first-order chi connectivity index (χ1) is 12.0. The van der Waals surface area contributed by atoms with Gasteiger partial charge in [-0.15, -0.1) is 0 Å². The van der Waals surface area contributed by atoms with Crippen molar-refractivity contribution < 1.29 is 9.53 Å². The Hall–Kier alpha value is -2.30. The van der Waals surface area contributed by atoms with Crippen molar-refractivity contribution in [3.63, 3.8) is 0 Å². The second-order valence-corrected chi connectivity index (χ2v) is 6.23. The molecule has 0 aliphatic heterocycles.